The number of ether oxygens (including phenoxy) is 1. The van der Waals surface area contributed by atoms with E-state index < -0.39 is 0 Å². The molecule has 0 bridgehead atoms. The Kier molecular flexibility index (Phi) is 2.53. The molecule has 0 unspecified atom stereocenters. The smallest absolute Gasteiger partial charge is 0.338 e. The van der Waals surface area contributed by atoms with E-state index in [1.54, 1.807) is 0 Å². The van der Waals surface area contributed by atoms with Crippen molar-refractivity contribution in [3.63, 3.8) is 0 Å². The number of carbonyl (C=O) groups is 1. The molecule has 2 rings (SSSR count). The number of rotatable bonds is 2. The van der Waals surface area contributed by atoms with Crippen molar-refractivity contribution in [3.05, 3.63) is 35.4 Å². The zero-order valence-corrected chi connectivity index (χ0v) is 8.32. The molecule has 2 heteroatoms. The zero-order valence-electron chi connectivity index (χ0n) is 8.32. The van der Waals surface area contributed by atoms with Gasteiger partial charge in [-0.3, -0.25) is 0 Å². The number of hydrogen-bond acceptors (Lipinski definition) is 2. The third-order valence-electron chi connectivity index (χ3n) is 2.57. The Balaban J connectivity index is 2.24. The topological polar surface area (TPSA) is 26.3 Å². The molecule has 1 aliphatic heterocycles. The molecule has 0 aromatic heterocycles. The van der Waals surface area contributed by atoms with Crippen LogP contribution >= 0.6 is 0 Å². The van der Waals surface area contributed by atoms with Crippen LogP contribution in [0.15, 0.2) is 24.3 Å². The highest BCUT2D eigenvalue weighted by molar-refractivity contribution is 5.92. The van der Waals surface area contributed by atoms with E-state index in [1.165, 1.54) is 0 Å². The molecule has 0 saturated carbocycles. The first kappa shape index (κ1) is 9.25. The summed E-state index contributed by atoms with van der Waals surface area (Å²) in [6.07, 6.45) is 2.97. The van der Waals surface area contributed by atoms with Crippen LogP contribution in [0.2, 0.25) is 0 Å². The van der Waals surface area contributed by atoms with Gasteiger partial charge in [0, 0.05) is 6.42 Å². The van der Waals surface area contributed by atoms with E-state index in [2.05, 4.69) is 6.92 Å². The van der Waals surface area contributed by atoms with Gasteiger partial charge in [-0.1, -0.05) is 31.5 Å². The molecule has 0 amide bonds. The molecule has 1 aliphatic rings. The number of esters is 1. The molecule has 74 valence electrons. The molecule has 0 N–H and O–H groups in total. The van der Waals surface area contributed by atoms with Gasteiger partial charge in [0.2, 0.25) is 0 Å². The second kappa shape index (κ2) is 3.82. The van der Waals surface area contributed by atoms with E-state index in [-0.39, 0.29) is 12.1 Å². The number of cyclic esters (lactones) is 1. The molecule has 1 heterocycles. The minimum absolute atomic E-state index is 0.0856. The molecular weight excluding hydrogens is 176 g/mol. The van der Waals surface area contributed by atoms with Crippen molar-refractivity contribution in [2.45, 2.75) is 32.3 Å². The molecule has 1 atom stereocenters. The van der Waals surface area contributed by atoms with Crippen molar-refractivity contribution in [2.75, 3.05) is 0 Å². The van der Waals surface area contributed by atoms with Crippen LogP contribution in [0.4, 0.5) is 0 Å². The maximum atomic E-state index is 11.5. The van der Waals surface area contributed by atoms with Gasteiger partial charge in [-0.15, -0.1) is 0 Å². The molecule has 0 aliphatic carbocycles. The lowest BCUT2D eigenvalue weighted by Gasteiger charge is -2.24. The summed E-state index contributed by atoms with van der Waals surface area (Å²) in [6.45, 7) is 2.11. The zero-order chi connectivity index (χ0) is 9.97. The number of benzene rings is 1. The molecule has 1 aromatic rings. The van der Waals surface area contributed by atoms with E-state index >= 15 is 0 Å². The minimum Gasteiger partial charge on any atom is -0.458 e. The van der Waals surface area contributed by atoms with Gasteiger partial charge in [0.25, 0.3) is 0 Å². The Morgan fingerprint density at radius 3 is 3.00 bits per heavy atom. The van der Waals surface area contributed by atoms with Crippen LogP contribution < -0.4 is 0 Å². The molecule has 14 heavy (non-hydrogen) atoms. The quantitative estimate of drug-likeness (QED) is 0.670. The Hall–Kier alpha value is -1.31. The van der Waals surface area contributed by atoms with Crippen LogP contribution in [-0.2, 0) is 11.2 Å². The summed E-state index contributed by atoms with van der Waals surface area (Å²) in [5.74, 6) is -0.162. The first-order chi connectivity index (χ1) is 6.81. The monoisotopic (exact) mass is 190 g/mol. The van der Waals surface area contributed by atoms with Crippen molar-refractivity contribution >= 4 is 5.97 Å². The summed E-state index contributed by atoms with van der Waals surface area (Å²) in [5.41, 5.74) is 1.86. The molecular formula is C12H14O2. The van der Waals surface area contributed by atoms with Crippen molar-refractivity contribution in [2.24, 2.45) is 0 Å². The van der Waals surface area contributed by atoms with Gasteiger partial charge < -0.3 is 4.74 Å². The summed E-state index contributed by atoms with van der Waals surface area (Å²) >= 11 is 0. The van der Waals surface area contributed by atoms with Crippen molar-refractivity contribution in [1.29, 1.82) is 0 Å². The van der Waals surface area contributed by atoms with Gasteiger partial charge >= 0.3 is 5.97 Å². The minimum atomic E-state index is -0.162. The number of fused-ring (bicyclic) bond motifs is 1. The normalized spacial score (nSPS) is 20.1. The second-order valence-electron chi connectivity index (χ2n) is 3.68. The van der Waals surface area contributed by atoms with Gasteiger partial charge in [-0.25, -0.2) is 4.79 Å². The van der Waals surface area contributed by atoms with Crippen LogP contribution in [0.1, 0.15) is 35.7 Å². The fourth-order valence-electron chi connectivity index (χ4n) is 1.88. The van der Waals surface area contributed by atoms with E-state index in [4.69, 9.17) is 4.74 Å². The van der Waals surface area contributed by atoms with E-state index in [9.17, 15) is 4.79 Å². The van der Waals surface area contributed by atoms with E-state index in [0.717, 1.165) is 30.4 Å². The highest BCUT2D eigenvalue weighted by Crippen LogP contribution is 2.22. The van der Waals surface area contributed by atoms with Crippen LogP contribution in [-0.4, -0.2) is 12.1 Å². The summed E-state index contributed by atoms with van der Waals surface area (Å²) in [5, 5.41) is 0. The molecule has 0 fully saturated rings. The maximum absolute atomic E-state index is 11.5. The van der Waals surface area contributed by atoms with Crippen LogP contribution in [0.5, 0.6) is 0 Å². The predicted octanol–water partition coefficient (Wildman–Crippen LogP) is 2.57. The average Bonchev–Trinajstić information content (AvgIpc) is 2.18. The maximum Gasteiger partial charge on any atom is 0.338 e. The Bertz CT molecular complexity index is 344. The largest absolute Gasteiger partial charge is 0.458 e. The molecule has 1 aromatic carbocycles. The van der Waals surface area contributed by atoms with E-state index in [0.29, 0.717) is 0 Å². The Labute approximate surface area is 83.9 Å². The lowest BCUT2D eigenvalue weighted by atomic mass is 9.97. The number of carbonyl (C=O) groups excluding carboxylic acids is 1. The molecule has 0 saturated heterocycles. The van der Waals surface area contributed by atoms with Crippen LogP contribution in [0, 0.1) is 0 Å². The standard InChI is InChI=1S/C12H14O2/c1-2-5-10-8-9-6-3-4-7-11(9)12(13)14-10/h3-4,6-7,10H,2,5,8H2,1H3/t10-/m0/s1. The first-order valence-corrected chi connectivity index (χ1v) is 5.10. The van der Waals surface area contributed by atoms with Gasteiger partial charge in [-0.05, 0) is 18.1 Å². The highest BCUT2D eigenvalue weighted by atomic mass is 16.5. The molecule has 2 nitrogen and oxygen atoms in total. The summed E-state index contributed by atoms with van der Waals surface area (Å²) in [7, 11) is 0. The third-order valence-corrected chi connectivity index (χ3v) is 2.57. The van der Waals surface area contributed by atoms with Gasteiger partial charge in [0.15, 0.2) is 0 Å². The van der Waals surface area contributed by atoms with Gasteiger partial charge in [0.05, 0.1) is 5.56 Å². The summed E-state index contributed by atoms with van der Waals surface area (Å²) in [6, 6.07) is 7.69. The van der Waals surface area contributed by atoms with Crippen molar-refractivity contribution < 1.29 is 9.53 Å². The fourth-order valence-corrected chi connectivity index (χ4v) is 1.88. The summed E-state index contributed by atoms with van der Waals surface area (Å²) < 4.78 is 5.31. The third kappa shape index (κ3) is 1.65. The Morgan fingerprint density at radius 1 is 1.43 bits per heavy atom. The summed E-state index contributed by atoms with van der Waals surface area (Å²) in [4.78, 5) is 11.5. The van der Waals surface area contributed by atoms with Crippen LogP contribution in [0.3, 0.4) is 0 Å². The lowest BCUT2D eigenvalue weighted by Crippen LogP contribution is -2.27. The van der Waals surface area contributed by atoms with Crippen molar-refractivity contribution in [3.8, 4) is 0 Å². The fraction of sp³-hybridized carbons (Fsp3) is 0.417. The van der Waals surface area contributed by atoms with Gasteiger partial charge in [0.1, 0.15) is 6.10 Å². The SMILES string of the molecule is CCC[C@H]1Cc2ccccc2C(=O)O1. The predicted molar refractivity (Wildman–Crippen MR) is 54.3 cm³/mol. The number of hydrogen-bond donors (Lipinski definition) is 0. The second-order valence-corrected chi connectivity index (χ2v) is 3.68. The van der Waals surface area contributed by atoms with Crippen molar-refractivity contribution in [1.82, 2.24) is 0 Å². The van der Waals surface area contributed by atoms with Gasteiger partial charge in [-0.2, -0.15) is 0 Å². The first-order valence-electron chi connectivity index (χ1n) is 5.10. The molecule has 0 spiro atoms. The average molecular weight is 190 g/mol. The highest BCUT2D eigenvalue weighted by Gasteiger charge is 2.24. The van der Waals surface area contributed by atoms with E-state index in [1.807, 2.05) is 24.3 Å². The van der Waals surface area contributed by atoms with Crippen LogP contribution in [0.25, 0.3) is 0 Å². The molecule has 0 radical (unpaired) electrons. The Morgan fingerprint density at radius 2 is 2.21 bits per heavy atom. The lowest BCUT2D eigenvalue weighted by molar-refractivity contribution is 0.0236.